The first-order chi connectivity index (χ1) is 7.16. The second kappa shape index (κ2) is 5.53. The van der Waals surface area contributed by atoms with Gasteiger partial charge in [0.25, 0.3) is 0 Å². The molecule has 0 saturated heterocycles. The molecule has 0 N–H and O–H groups in total. The van der Waals surface area contributed by atoms with Crippen molar-refractivity contribution in [2.75, 3.05) is 13.6 Å². The van der Waals surface area contributed by atoms with Gasteiger partial charge in [0.2, 0.25) is 0 Å². The Labute approximate surface area is 89.7 Å². The van der Waals surface area contributed by atoms with Gasteiger partial charge in [0.1, 0.15) is 6.34 Å². The molecule has 0 spiro atoms. The van der Waals surface area contributed by atoms with Crippen molar-refractivity contribution in [3.05, 3.63) is 10.1 Å². The number of rotatable bonds is 6. The van der Waals surface area contributed by atoms with Gasteiger partial charge in [0.15, 0.2) is 0 Å². The van der Waals surface area contributed by atoms with Crippen LogP contribution in [-0.2, 0) is 0 Å². The summed E-state index contributed by atoms with van der Waals surface area (Å²) in [5.41, 5.74) is 0. The molecule has 0 fully saturated rings. The minimum absolute atomic E-state index is 0.313. The predicted octanol–water partition coefficient (Wildman–Crippen LogP) is 1.32. The Morgan fingerprint density at radius 3 is 2.80 bits per heavy atom. The zero-order chi connectivity index (χ0) is 11.3. The lowest BCUT2D eigenvalue weighted by Crippen LogP contribution is -2.43. The van der Waals surface area contributed by atoms with E-state index in [1.54, 1.807) is 7.05 Å². The third-order valence-electron chi connectivity index (χ3n) is 2.44. The molecular weight excluding hydrogens is 196 g/mol. The summed E-state index contributed by atoms with van der Waals surface area (Å²) in [5.74, 6) is 0. The van der Waals surface area contributed by atoms with Gasteiger partial charge in [0.05, 0.1) is 4.92 Å². The molecule has 0 bridgehead atoms. The quantitative estimate of drug-likeness (QED) is 0.380. The summed E-state index contributed by atoms with van der Waals surface area (Å²) in [6.07, 6.45) is 5.11. The summed E-state index contributed by atoms with van der Waals surface area (Å²) in [5, 5.41) is 16.3. The van der Waals surface area contributed by atoms with Crippen molar-refractivity contribution in [2.24, 2.45) is 5.10 Å². The minimum atomic E-state index is -0.813. The van der Waals surface area contributed by atoms with E-state index >= 15 is 0 Å². The van der Waals surface area contributed by atoms with Crippen molar-refractivity contribution in [3.63, 3.8) is 0 Å². The van der Waals surface area contributed by atoms with Crippen LogP contribution in [0.25, 0.3) is 0 Å². The molecule has 6 nitrogen and oxygen atoms in total. The smallest absolute Gasteiger partial charge is 0.282 e. The van der Waals surface area contributed by atoms with Crippen LogP contribution in [0.3, 0.4) is 0 Å². The molecule has 1 heterocycles. The fraction of sp³-hybridized carbons (Fsp3) is 0.889. The first kappa shape index (κ1) is 11.7. The van der Waals surface area contributed by atoms with Crippen molar-refractivity contribution in [2.45, 2.75) is 38.9 Å². The Kier molecular flexibility index (Phi) is 4.33. The molecule has 0 aromatic carbocycles. The maximum absolute atomic E-state index is 10.8. The normalized spacial score (nSPS) is 20.0. The molecule has 1 rings (SSSR count). The molecule has 1 unspecified atom stereocenters. The van der Waals surface area contributed by atoms with E-state index in [1.165, 1.54) is 29.1 Å². The summed E-state index contributed by atoms with van der Waals surface area (Å²) in [4.78, 5) is 12.0. The average Bonchev–Trinajstić information content (AvgIpc) is 2.54. The fourth-order valence-electron chi connectivity index (χ4n) is 1.61. The van der Waals surface area contributed by atoms with Crippen molar-refractivity contribution in [1.29, 1.82) is 0 Å². The van der Waals surface area contributed by atoms with E-state index in [2.05, 4.69) is 12.0 Å². The number of nitrogens with zero attached hydrogens (tertiary/aromatic N) is 4. The van der Waals surface area contributed by atoms with E-state index in [0.717, 1.165) is 12.8 Å². The maximum atomic E-state index is 10.8. The molecule has 86 valence electrons. The van der Waals surface area contributed by atoms with Crippen LogP contribution >= 0.6 is 0 Å². The highest BCUT2D eigenvalue weighted by Gasteiger charge is 2.34. The first-order valence-electron chi connectivity index (χ1n) is 5.33. The van der Waals surface area contributed by atoms with Gasteiger partial charge in [-0.25, -0.2) is 5.01 Å². The van der Waals surface area contributed by atoms with Crippen LogP contribution in [0.15, 0.2) is 5.10 Å². The zero-order valence-electron chi connectivity index (χ0n) is 9.30. The largest absolute Gasteiger partial charge is 0.383 e. The van der Waals surface area contributed by atoms with Crippen LogP contribution < -0.4 is 0 Å². The average molecular weight is 214 g/mol. The van der Waals surface area contributed by atoms with E-state index in [-0.39, 0.29) is 4.92 Å². The summed E-state index contributed by atoms with van der Waals surface area (Å²) in [6, 6.07) is 0. The fourth-order valence-corrected chi connectivity index (χ4v) is 1.61. The molecule has 1 aliphatic heterocycles. The molecule has 6 heteroatoms. The number of hydrazone groups is 1. The van der Waals surface area contributed by atoms with Crippen LogP contribution in [0.5, 0.6) is 0 Å². The van der Waals surface area contributed by atoms with Gasteiger partial charge in [-0.15, -0.1) is 0 Å². The molecule has 0 aromatic rings. The molecule has 0 aromatic heterocycles. The Balaban J connectivity index is 2.34. The summed E-state index contributed by atoms with van der Waals surface area (Å²) >= 11 is 0. The highest BCUT2D eigenvalue weighted by atomic mass is 16.6. The van der Waals surface area contributed by atoms with Crippen LogP contribution in [0, 0.1) is 10.1 Å². The van der Waals surface area contributed by atoms with E-state index in [1.807, 2.05) is 0 Å². The van der Waals surface area contributed by atoms with Gasteiger partial charge < -0.3 is 0 Å². The van der Waals surface area contributed by atoms with Gasteiger partial charge in [-0.3, -0.25) is 15.0 Å². The highest BCUT2D eigenvalue weighted by molar-refractivity contribution is 5.55. The Morgan fingerprint density at radius 1 is 1.47 bits per heavy atom. The topological polar surface area (TPSA) is 62.0 Å². The second-order valence-corrected chi connectivity index (χ2v) is 3.75. The Hall–Kier alpha value is -1.33. The lowest BCUT2D eigenvalue weighted by molar-refractivity contribution is -0.569. The first-order valence-corrected chi connectivity index (χ1v) is 5.33. The van der Waals surface area contributed by atoms with E-state index in [4.69, 9.17) is 0 Å². The van der Waals surface area contributed by atoms with Crippen LogP contribution in [0.2, 0.25) is 0 Å². The van der Waals surface area contributed by atoms with E-state index < -0.39 is 6.29 Å². The Morgan fingerprint density at radius 2 is 2.20 bits per heavy atom. The lowest BCUT2D eigenvalue weighted by atomic mass is 10.2. The van der Waals surface area contributed by atoms with Crippen LogP contribution in [-0.4, -0.2) is 41.1 Å². The molecule has 1 aliphatic rings. The van der Waals surface area contributed by atoms with Crippen LogP contribution in [0.4, 0.5) is 0 Å². The van der Waals surface area contributed by atoms with Crippen molar-refractivity contribution in [3.8, 4) is 0 Å². The van der Waals surface area contributed by atoms with Gasteiger partial charge in [0, 0.05) is 13.6 Å². The molecule has 15 heavy (non-hydrogen) atoms. The van der Waals surface area contributed by atoms with Crippen LogP contribution in [0.1, 0.15) is 32.6 Å². The highest BCUT2D eigenvalue weighted by Crippen LogP contribution is 2.12. The number of unbranched alkanes of at least 4 members (excludes halogenated alkanes) is 3. The van der Waals surface area contributed by atoms with Gasteiger partial charge in [-0.1, -0.05) is 26.2 Å². The van der Waals surface area contributed by atoms with Crippen molar-refractivity contribution in [1.82, 2.24) is 9.91 Å². The predicted molar refractivity (Wildman–Crippen MR) is 57.9 cm³/mol. The molecule has 0 saturated carbocycles. The number of hydrogen-bond donors (Lipinski definition) is 0. The monoisotopic (exact) mass is 214 g/mol. The summed E-state index contributed by atoms with van der Waals surface area (Å²) < 4.78 is 0. The third kappa shape index (κ3) is 3.07. The zero-order valence-corrected chi connectivity index (χ0v) is 9.30. The number of hydrogen-bond acceptors (Lipinski definition) is 5. The van der Waals surface area contributed by atoms with Gasteiger partial charge in [-0.2, -0.15) is 5.10 Å². The lowest BCUT2D eigenvalue weighted by Gasteiger charge is -2.20. The molecule has 0 aliphatic carbocycles. The standard InChI is InChI=1S/C9H18N4O2/c1-3-4-5-6-7-12-9(13(14)15)11(2)8-10-12/h8-9H,3-7H2,1-2H3. The molecular formula is C9H18N4O2. The van der Waals surface area contributed by atoms with Crippen molar-refractivity contribution < 1.29 is 4.92 Å². The van der Waals surface area contributed by atoms with E-state index in [0.29, 0.717) is 6.54 Å². The molecule has 0 radical (unpaired) electrons. The second-order valence-electron chi connectivity index (χ2n) is 3.75. The summed E-state index contributed by atoms with van der Waals surface area (Å²) in [7, 11) is 1.67. The van der Waals surface area contributed by atoms with Gasteiger partial charge in [-0.05, 0) is 6.42 Å². The third-order valence-corrected chi connectivity index (χ3v) is 2.44. The molecule has 1 atom stereocenters. The Bertz CT molecular complexity index is 244. The van der Waals surface area contributed by atoms with E-state index in [9.17, 15) is 10.1 Å². The molecule has 0 amide bonds. The van der Waals surface area contributed by atoms with Gasteiger partial charge >= 0.3 is 6.29 Å². The minimum Gasteiger partial charge on any atom is -0.282 e. The summed E-state index contributed by atoms with van der Waals surface area (Å²) in [6.45, 7) is 2.80. The SMILES string of the molecule is CCCCCCN1N=CN(C)C1[N+](=O)[O-]. The number of nitro groups is 1. The maximum Gasteiger partial charge on any atom is 0.383 e. The van der Waals surface area contributed by atoms with Crippen molar-refractivity contribution >= 4 is 6.34 Å².